The van der Waals surface area contributed by atoms with Gasteiger partial charge in [0.25, 0.3) is 0 Å². The fraction of sp³-hybridized carbons (Fsp3) is 0.667. The smallest absolute Gasteiger partial charge is 0.102 e. The Morgan fingerprint density at radius 1 is 1.30 bits per heavy atom. The fourth-order valence-electron chi connectivity index (χ4n) is 2.64. The van der Waals surface area contributed by atoms with E-state index in [0.717, 1.165) is 32.6 Å². The van der Waals surface area contributed by atoms with Crippen molar-refractivity contribution in [3.8, 4) is 0 Å². The third-order valence-corrected chi connectivity index (χ3v) is 3.79. The lowest BCUT2D eigenvalue weighted by atomic mass is 10.2. The average molecular weight is 279 g/mol. The minimum Gasteiger partial charge on any atom is -0.377 e. The number of pyridine rings is 1. The molecule has 0 aliphatic carbocycles. The molecule has 0 bridgehead atoms. The molecular weight excluding hydrogens is 254 g/mol. The van der Waals surface area contributed by atoms with Gasteiger partial charge in [0.1, 0.15) is 12.2 Å². The molecular formula is C15H25N3O2. The van der Waals surface area contributed by atoms with Gasteiger partial charge in [0.15, 0.2) is 0 Å². The van der Waals surface area contributed by atoms with Crippen molar-refractivity contribution in [2.75, 3.05) is 38.8 Å². The Kier molecular flexibility index (Phi) is 5.76. The zero-order chi connectivity index (χ0) is 14.4. The van der Waals surface area contributed by atoms with Gasteiger partial charge >= 0.3 is 0 Å². The first kappa shape index (κ1) is 15.2. The Hall–Kier alpha value is -1.17. The van der Waals surface area contributed by atoms with E-state index in [1.54, 1.807) is 14.2 Å². The second kappa shape index (κ2) is 7.57. The molecule has 1 N–H and O–H groups in total. The number of ether oxygens (including phenoxy) is 2. The van der Waals surface area contributed by atoms with Crippen molar-refractivity contribution in [1.82, 2.24) is 10.3 Å². The Balaban J connectivity index is 2.08. The van der Waals surface area contributed by atoms with Gasteiger partial charge in [-0.3, -0.25) is 4.98 Å². The Morgan fingerprint density at radius 2 is 2.00 bits per heavy atom. The molecule has 2 heterocycles. The van der Waals surface area contributed by atoms with Gasteiger partial charge in [-0.05, 0) is 24.6 Å². The molecule has 0 radical (unpaired) electrons. The van der Waals surface area contributed by atoms with Gasteiger partial charge in [-0.15, -0.1) is 0 Å². The first-order valence-electron chi connectivity index (χ1n) is 7.24. The maximum absolute atomic E-state index is 5.50. The topological polar surface area (TPSA) is 46.6 Å². The van der Waals surface area contributed by atoms with E-state index >= 15 is 0 Å². The monoisotopic (exact) mass is 279 g/mol. The van der Waals surface area contributed by atoms with Crippen molar-refractivity contribution < 1.29 is 9.47 Å². The molecule has 0 spiro atoms. The summed E-state index contributed by atoms with van der Waals surface area (Å²) in [6.45, 7) is 5.77. The van der Waals surface area contributed by atoms with Gasteiger partial charge in [0, 0.05) is 40.1 Å². The van der Waals surface area contributed by atoms with E-state index in [-0.39, 0.29) is 12.2 Å². The molecule has 0 saturated carbocycles. The molecule has 1 aromatic rings. The van der Waals surface area contributed by atoms with Crippen molar-refractivity contribution in [1.29, 1.82) is 0 Å². The van der Waals surface area contributed by atoms with Crippen LogP contribution >= 0.6 is 0 Å². The van der Waals surface area contributed by atoms with Crippen LogP contribution in [0.1, 0.15) is 18.9 Å². The van der Waals surface area contributed by atoms with Gasteiger partial charge < -0.3 is 19.7 Å². The van der Waals surface area contributed by atoms with Crippen LogP contribution in [0, 0.1) is 0 Å². The Bertz CT molecular complexity index is 402. The van der Waals surface area contributed by atoms with Crippen LogP contribution in [-0.2, 0) is 16.0 Å². The van der Waals surface area contributed by atoms with Crippen LogP contribution in [0.3, 0.4) is 0 Å². The predicted octanol–water partition coefficient (Wildman–Crippen LogP) is 1.43. The maximum Gasteiger partial charge on any atom is 0.102 e. The lowest BCUT2D eigenvalue weighted by Gasteiger charge is -2.21. The highest BCUT2D eigenvalue weighted by atomic mass is 16.5. The minimum atomic E-state index is 0.122. The Morgan fingerprint density at radius 3 is 2.60 bits per heavy atom. The highest BCUT2D eigenvalue weighted by molar-refractivity contribution is 5.53. The standard InChI is InChI=1S/C15H25N3O2/c1-4-6-16-8-12-5-7-17-9-13(12)18-10-14(19-2)15(11-18)20-3/h5,7,9,14-16H,4,6,8,10-11H2,1-3H3. The number of anilines is 1. The van der Waals surface area contributed by atoms with Gasteiger partial charge in [-0.25, -0.2) is 0 Å². The summed E-state index contributed by atoms with van der Waals surface area (Å²) >= 11 is 0. The van der Waals surface area contributed by atoms with Crippen LogP contribution in [0.25, 0.3) is 0 Å². The first-order chi connectivity index (χ1) is 9.80. The van der Waals surface area contributed by atoms with E-state index in [1.165, 1.54) is 11.3 Å². The number of methoxy groups -OCH3 is 2. The average Bonchev–Trinajstić information content (AvgIpc) is 2.91. The van der Waals surface area contributed by atoms with E-state index < -0.39 is 0 Å². The molecule has 112 valence electrons. The van der Waals surface area contributed by atoms with E-state index in [1.807, 2.05) is 12.4 Å². The molecule has 5 nitrogen and oxygen atoms in total. The minimum absolute atomic E-state index is 0.122. The number of nitrogens with one attached hydrogen (secondary N) is 1. The fourth-order valence-corrected chi connectivity index (χ4v) is 2.64. The van der Waals surface area contributed by atoms with Crippen LogP contribution in [0.2, 0.25) is 0 Å². The molecule has 2 rings (SSSR count). The van der Waals surface area contributed by atoms with Crippen LogP contribution in [0.15, 0.2) is 18.5 Å². The third kappa shape index (κ3) is 3.48. The summed E-state index contributed by atoms with van der Waals surface area (Å²) in [6.07, 6.45) is 5.17. The van der Waals surface area contributed by atoms with E-state index in [4.69, 9.17) is 9.47 Å². The molecule has 0 aromatic carbocycles. The maximum atomic E-state index is 5.50. The lowest BCUT2D eigenvalue weighted by Crippen LogP contribution is -2.27. The van der Waals surface area contributed by atoms with Gasteiger partial charge in [-0.1, -0.05) is 6.92 Å². The van der Waals surface area contributed by atoms with Crippen molar-refractivity contribution in [2.24, 2.45) is 0 Å². The summed E-state index contributed by atoms with van der Waals surface area (Å²) in [7, 11) is 3.49. The van der Waals surface area contributed by atoms with E-state index in [9.17, 15) is 0 Å². The summed E-state index contributed by atoms with van der Waals surface area (Å²) in [4.78, 5) is 6.57. The number of hydrogen-bond acceptors (Lipinski definition) is 5. The van der Waals surface area contributed by atoms with Crippen LogP contribution in [0.4, 0.5) is 5.69 Å². The van der Waals surface area contributed by atoms with Crippen molar-refractivity contribution in [3.05, 3.63) is 24.0 Å². The summed E-state index contributed by atoms with van der Waals surface area (Å²) in [5.41, 5.74) is 2.46. The first-order valence-corrected chi connectivity index (χ1v) is 7.24. The van der Waals surface area contributed by atoms with Crippen LogP contribution in [-0.4, -0.2) is 51.0 Å². The van der Waals surface area contributed by atoms with Gasteiger partial charge in [-0.2, -0.15) is 0 Å². The zero-order valence-corrected chi connectivity index (χ0v) is 12.6. The molecule has 5 heteroatoms. The largest absolute Gasteiger partial charge is 0.377 e. The number of hydrogen-bond donors (Lipinski definition) is 1. The number of rotatable bonds is 7. The van der Waals surface area contributed by atoms with Crippen molar-refractivity contribution in [3.63, 3.8) is 0 Å². The van der Waals surface area contributed by atoms with E-state index in [0.29, 0.717) is 0 Å². The lowest BCUT2D eigenvalue weighted by molar-refractivity contribution is -0.00461. The van der Waals surface area contributed by atoms with Crippen LogP contribution in [0.5, 0.6) is 0 Å². The zero-order valence-electron chi connectivity index (χ0n) is 12.6. The molecule has 20 heavy (non-hydrogen) atoms. The summed E-state index contributed by atoms with van der Waals surface area (Å²) in [6, 6.07) is 2.08. The molecule has 1 aliphatic rings. The summed E-state index contributed by atoms with van der Waals surface area (Å²) < 4.78 is 11.0. The third-order valence-electron chi connectivity index (χ3n) is 3.79. The highest BCUT2D eigenvalue weighted by Gasteiger charge is 2.33. The summed E-state index contributed by atoms with van der Waals surface area (Å²) in [5.74, 6) is 0. The molecule has 0 amide bonds. The highest BCUT2D eigenvalue weighted by Crippen LogP contribution is 2.26. The van der Waals surface area contributed by atoms with E-state index in [2.05, 4.69) is 28.2 Å². The number of aromatic nitrogens is 1. The van der Waals surface area contributed by atoms with Crippen molar-refractivity contribution in [2.45, 2.75) is 32.1 Å². The van der Waals surface area contributed by atoms with Crippen molar-refractivity contribution >= 4 is 5.69 Å². The molecule has 2 unspecified atom stereocenters. The van der Waals surface area contributed by atoms with Crippen LogP contribution < -0.4 is 10.2 Å². The molecule has 1 aromatic heterocycles. The van der Waals surface area contributed by atoms with Gasteiger partial charge in [0.2, 0.25) is 0 Å². The van der Waals surface area contributed by atoms with Gasteiger partial charge in [0.05, 0.1) is 11.9 Å². The number of nitrogens with zero attached hydrogens (tertiary/aromatic N) is 2. The SMILES string of the molecule is CCCNCc1ccncc1N1CC(OC)C(OC)C1. The summed E-state index contributed by atoms with van der Waals surface area (Å²) in [5, 5.41) is 3.45. The Labute approximate surface area is 121 Å². The molecule has 2 atom stereocenters. The quantitative estimate of drug-likeness (QED) is 0.765. The second-order valence-electron chi connectivity index (χ2n) is 5.13. The predicted molar refractivity (Wildman–Crippen MR) is 80.0 cm³/mol. The molecule has 1 fully saturated rings. The normalized spacial score (nSPS) is 22.4. The molecule has 1 saturated heterocycles. The molecule has 1 aliphatic heterocycles. The second-order valence-corrected chi connectivity index (χ2v) is 5.13.